The highest BCUT2D eigenvalue weighted by Crippen LogP contribution is 2.14. The maximum Gasteiger partial charge on any atom is 0.225 e. The van der Waals surface area contributed by atoms with Gasteiger partial charge < -0.3 is 14.8 Å². The zero-order chi connectivity index (χ0) is 13.7. The molecule has 1 fully saturated rings. The third-order valence-electron chi connectivity index (χ3n) is 3.88. The van der Waals surface area contributed by atoms with E-state index in [1.807, 2.05) is 31.3 Å². The molecule has 1 saturated heterocycles. The van der Waals surface area contributed by atoms with E-state index < -0.39 is 0 Å². The van der Waals surface area contributed by atoms with E-state index in [1.54, 1.807) is 0 Å². The van der Waals surface area contributed by atoms with Crippen molar-refractivity contribution in [3.63, 3.8) is 0 Å². The zero-order valence-electron chi connectivity index (χ0n) is 12.3. The van der Waals surface area contributed by atoms with Crippen LogP contribution in [0.4, 0.5) is 0 Å². The summed E-state index contributed by atoms with van der Waals surface area (Å²) in [5.74, 6) is 1.57. The van der Waals surface area contributed by atoms with Crippen LogP contribution in [-0.4, -0.2) is 47.0 Å². The molecular weight excluding hydrogens is 276 g/mol. The van der Waals surface area contributed by atoms with Gasteiger partial charge in [0.05, 0.1) is 0 Å². The summed E-state index contributed by atoms with van der Waals surface area (Å²) in [5, 5.41) is 3.30. The molecule has 1 aromatic rings. The van der Waals surface area contributed by atoms with E-state index in [9.17, 15) is 4.79 Å². The number of amides is 1. The van der Waals surface area contributed by atoms with Crippen molar-refractivity contribution in [2.75, 3.05) is 26.7 Å². The van der Waals surface area contributed by atoms with Gasteiger partial charge in [-0.25, -0.2) is 4.98 Å². The highest BCUT2D eigenvalue weighted by Gasteiger charge is 2.23. The standard InChI is InChI=1S/C14H24N4O.ClH/c1-12-16-8-11-18(12)10-3-9-17(2)14(19)13-4-6-15-7-5-13;/h8,11,13,15H,3-7,9-10H2,1-2H3;1H. The molecule has 5 nitrogen and oxygen atoms in total. The van der Waals surface area contributed by atoms with E-state index in [0.717, 1.165) is 51.3 Å². The van der Waals surface area contributed by atoms with Crippen molar-refractivity contribution in [2.45, 2.75) is 32.7 Å². The van der Waals surface area contributed by atoms with Gasteiger partial charge in [-0.05, 0) is 39.3 Å². The second-order valence-corrected chi connectivity index (χ2v) is 5.31. The minimum atomic E-state index is 0. The molecule has 0 bridgehead atoms. The molecule has 20 heavy (non-hydrogen) atoms. The van der Waals surface area contributed by atoms with Gasteiger partial charge in [0.1, 0.15) is 5.82 Å². The number of imidazole rings is 1. The molecule has 0 aliphatic carbocycles. The van der Waals surface area contributed by atoms with Crippen LogP contribution in [0.3, 0.4) is 0 Å². The normalized spacial score (nSPS) is 15.7. The molecule has 114 valence electrons. The van der Waals surface area contributed by atoms with Gasteiger partial charge >= 0.3 is 0 Å². The molecule has 1 N–H and O–H groups in total. The summed E-state index contributed by atoms with van der Waals surface area (Å²) >= 11 is 0. The predicted octanol–water partition coefficient (Wildman–Crippen LogP) is 1.46. The van der Waals surface area contributed by atoms with Crippen molar-refractivity contribution >= 4 is 18.3 Å². The summed E-state index contributed by atoms with van der Waals surface area (Å²) in [6.45, 7) is 5.69. The molecule has 0 radical (unpaired) electrons. The van der Waals surface area contributed by atoms with Crippen LogP contribution in [0.1, 0.15) is 25.1 Å². The minimum Gasteiger partial charge on any atom is -0.345 e. The lowest BCUT2D eigenvalue weighted by Crippen LogP contribution is -2.39. The van der Waals surface area contributed by atoms with Gasteiger partial charge in [0.2, 0.25) is 5.91 Å². The molecule has 1 aliphatic heterocycles. The van der Waals surface area contributed by atoms with Gasteiger partial charge in [-0.2, -0.15) is 0 Å². The number of halogens is 1. The average molecular weight is 301 g/mol. The molecule has 2 rings (SSSR count). The molecule has 1 aliphatic rings. The Labute approximate surface area is 127 Å². The third-order valence-corrected chi connectivity index (χ3v) is 3.88. The van der Waals surface area contributed by atoms with Gasteiger partial charge in [-0.1, -0.05) is 0 Å². The molecule has 1 amide bonds. The maximum absolute atomic E-state index is 12.2. The lowest BCUT2D eigenvalue weighted by Gasteiger charge is -2.27. The number of hydrogen-bond donors (Lipinski definition) is 1. The summed E-state index contributed by atoms with van der Waals surface area (Å²) in [6.07, 6.45) is 6.74. The first-order valence-electron chi connectivity index (χ1n) is 7.12. The monoisotopic (exact) mass is 300 g/mol. The SMILES string of the molecule is Cc1nccn1CCCN(C)C(=O)C1CCNCC1.Cl. The van der Waals surface area contributed by atoms with Gasteiger partial charge in [0, 0.05) is 38.4 Å². The van der Waals surface area contributed by atoms with Crippen LogP contribution in [0, 0.1) is 12.8 Å². The first-order valence-corrected chi connectivity index (χ1v) is 7.12. The molecular formula is C14H25ClN4O. The van der Waals surface area contributed by atoms with Crippen LogP contribution < -0.4 is 5.32 Å². The minimum absolute atomic E-state index is 0. The summed E-state index contributed by atoms with van der Waals surface area (Å²) in [4.78, 5) is 18.3. The second kappa shape index (κ2) is 8.27. The van der Waals surface area contributed by atoms with Crippen molar-refractivity contribution in [1.29, 1.82) is 0 Å². The number of aryl methyl sites for hydroxylation is 2. The fourth-order valence-electron chi connectivity index (χ4n) is 2.61. The molecule has 0 spiro atoms. The smallest absolute Gasteiger partial charge is 0.225 e. The highest BCUT2D eigenvalue weighted by atomic mass is 35.5. The van der Waals surface area contributed by atoms with E-state index in [1.165, 1.54) is 0 Å². The van der Waals surface area contributed by atoms with Crippen molar-refractivity contribution < 1.29 is 4.79 Å². The second-order valence-electron chi connectivity index (χ2n) is 5.31. The first kappa shape index (κ1) is 17.0. The summed E-state index contributed by atoms with van der Waals surface area (Å²) in [5.41, 5.74) is 0. The van der Waals surface area contributed by atoms with Crippen LogP contribution in [-0.2, 0) is 11.3 Å². The third kappa shape index (κ3) is 4.49. The van der Waals surface area contributed by atoms with Crippen LogP contribution in [0.25, 0.3) is 0 Å². The van der Waals surface area contributed by atoms with Crippen molar-refractivity contribution in [2.24, 2.45) is 5.92 Å². The lowest BCUT2D eigenvalue weighted by molar-refractivity contribution is -0.135. The van der Waals surface area contributed by atoms with E-state index in [2.05, 4.69) is 14.9 Å². The van der Waals surface area contributed by atoms with E-state index in [4.69, 9.17) is 0 Å². The molecule has 0 aromatic carbocycles. The molecule has 2 heterocycles. The fourth-order valence-corrected chi connectivity index (χ4v) is 2.61. The van der Waals surface area contributed by atoms with Gasteiger partial charge in [-0.3, -0.25) is 4.79 Å². The van der Waals surface area contributed by atoms with Crippen LogP contribution in [0.2, 0.25) is 0 Å². The van der Waals surface area contributed by atoms with Gasteiger partial charge in [0.15, 0.2) is 0 Å². The van der Waals surface area contributed by atoms with Crippen LogP contribution in [0.5, 0.6) is 0 Å². The van der Waals surface area contributed by atoms with Gasteiger partial charge in [-0.15, -0.1) is 12.4 Å². The first-order chi connectivity index (χ1) is 9.18. The van der Waals surface area contributed by atoms with E-state index in [0.29, 0.717) is 5.91 Å². The Balaban J connectivity index is 0.00000200. The Bertz CT molecular complexity index is 415. The molecule has 6 heteroatoms. The number of carbonyl (C=O) groups excluding carboxylic acids is 1. The van der Waals surface area contributed by atoms with Gasteiger partial charge in [0.25, 0.3) is 0 Å². The number of nitrogens with one attached hydrogen (secondary N) is 1. The van der Waals surface area contributed by atoms with Crippen LogP contribution >= 0.6 is 12.4 Å². The Morgan fingerprint density at radius 1 is 1.50 bits per heavy atom. The molecule has 1 aromatic heterocycles. The predicted molar refractivity (Wildman–Crippen MR) is 82.1 cm³/mol. The number of aromatic nitrogens is 2. The number of carbonyl (C=O) groups is 1. The zero-order valence-corrected chi connectivity index (χ0v) is 13.2. The van der Waals surface area contributed by atoms with E-state index in [-0.39, 0.29) is 18.3 Å². The highest BCUT2D eigenvalue weighted by molar-refractivity contribution is 5.85. The topological polar surface area (TPSA) is 50.2 Å². The Morgan fingerprint density at radius 2 is 2.20 bits per heavy atom. The average Bonchev–Trinajstić information content (AvgIpc) is 2.84. The largest absolute Gasteiger partial charge is 0.345 e. The number of rotatable bonds is 5. The Hall–Kier alpha value is -1.07. The van der Waals surface area contributed by atoms with Crippen molar-refractivity contribution in [3.05, 3.63) is 18.2 Å². The maximum atomic E-state index is 12.2. The number of piperidine rings is 1. The summed E-state index contributed by atoms with van der Waals surface area (Å²) in [6, 6.07) is 0. The van der Waals surface area contributed by atoms with E-state index >= 15 is 0 Å². The lowest BCUT2D eigenvalue weighted by atomic mass is 9.97. The van der Waals surface area contributed by atoms with Crippen molar-refractivity contribution in [3.8, 4) is 0 Å². The van der Waals surface area contributed by atoms with Crippen molar-refractivity contribution in [1.82, 2.24) is 19.8 Å². The fraction of sp³-hybridized carbons (Fsp3) is 0.714. The molecule has 0 atom stereocenters. The molecule has 0 saturated carbocycles. The number of nitrogens with zero attached hydrogens (tertiary/aromatic N) is 3. The quantitative estimate of drug-likeness (QED) is 0.896. The Morgan fingerprint density at radius 3 is 2.80 bits per heavy atom. The number of hydrogen-bond acceptors (Lipinski definition) is 3. The summed E-state index contributed by atoms with van der Waals surface area (Å²) in [7, 11) is 1.92. The summed E-state index contributed by atoms with van der Waals surface area (Å²) < 4.78 is 2.13. The molecule has 0 unspecified atom stereocenters. The Kier molecular flexibility index (Phi) is 7.02. The van der Waals surface area contributed by atoms with Crippen LogP contribution in [0.15, 0.2) is 12.4 Å².